The van der Waals surface area contributed by atoms with Gasteiger partial charge in [0.25, 0.3) is 5.91 Å². The zero-order chi connectivity index (χ0) is 33.0. The highest BCUT2D eigenvalue weighted by Crippen LogP contribution is 2.38. The zero-order valence-corrected chi connectivity index (χ0v) is 26.7. The highest BCUT2D eigenvalue weighted by molar-refractivity contribution is 8.19. The summed E-state index contributed by atoms with van der Waals surface area (Å²) in [6.07, 6.45) is 0.0476. The van der Waals surface area contributed by atoms with Crippen molar-refractivity contribution in [2.45, 2.75) is 40.0 Å². The number of carbonyl (C=O) groups excluding carboxylic acids is 1. The smallest absolute Gasteiger partial charge is 0.406 e. The van der Waals surface area contributed by atoms with Crippen LogP contribution in [0.1, 0.15) is 43.4 Å². The molecule has 9 nitrogen and oxygen atoms in total. The molecule has 14 heteroatoms. The Bertz CT molecular complexity index is 1850. The minimum absolute atomic E-state index is 0.0945. The van der Waals surface area contributed by atoms with Crippen molar-refractivity contribution in [2.75, 3.05) is 4.90 Å². The number of thioether (sulfide) groups is 1. The third kappa shape index (κ3) is 7.69. The molecule has 0 atom stereocenters. The summed E-state index contributed by atoms with van der Waals surface area (Å²) in [4.78, 5) is 24.3. The van der Waals surface area contributed by atoms with E-state index in [-0.39, 0.29) is 22.7 Å². The number of thiocarbonyl (C=S) groups is 1. The van der Waals surface area contributed by atoms with Crippen LogP contribution in [0.15, 0.2) is 94.1 Å². The van der Waals surface area contributed by atoms with Gasteiger partial charge in [0.2, 0.25) is 5.11 Å². The standard InChI is InChI=1S/C32H28F3N7O2S2/c1-5-27-29(43)42(26-16-20(4)6-15-25(26)19(2)3)31(46-27)38-30(45)39-37-17-21-7-9-22(10-8-21)28-36-18-41(40-28)23-11-13-24(14-12-23)44-32(33,34)35/h5-19H,1-4H3,(H,39,45)/b27-5-,37-17+,38-31-. The van der Waals surface area contributed by atoms with Crippen molar-refractivity contribution in [1.29, 1.82) is 0 Å². The molecule has 2 heterocycles. The summed E-state index contributed by atoms with van der Waals surface area (Å²) in [6, 6.07) is 18.6. The third-order valence-corrected chi connectivity index (χ3v) is 7.95. The maximum Gasteiger partial charge on any atom is 0.573 e. The van der Waals surface area contributed by atoms with Crippen molar-refractivity contribution >= 4 is 52.1 Å². The first kappa shape index (κ1) is 32.6. The Balaban J connectivity index is 1.25. The maximum atomic E-state index is 13.3. The van der Waals surface area contributed by atoms with E-state index in [9.17, 15) is 18.0 Å². The molecule has 46 heavy (non-hydrogen) atoms. The summed E-state index contributed by atoms with van der Waals surface area (Å²) in [5, 5.41) is 9.16. The number of aromatic nitrogens is 3. The van der Waals surface area contributed by atoms with Crippen LogP contribution < -0.4 is 15.1 Å². The SMILES string of the molecule is C/C=C1\S/C(=N\C(=S)N/N=C/c2ccc(-c3ncn(-c4ccc(OC(F)(F)F)cc4)n3)cc2)N(c2cc(C)ccc2C(C)C)C1=O. The Morgan fingerprint density at radius 1 is 1.09 bits per heavy atom. The number of alkyl halides is 3. The predicted octanol–water partition coefficient (Wildman–Crippen LogP) is 7.51. The van der Waals surface area contributed by atoms with Crippen LogP contribution in [-0.4, -0.2) is 43.5 Å². The van der Waals surface area contributed by atoms with Gasteiger partial charge in [0.05, 0.1) is 22.5 Å². The number of benzene rings is 3. The Morgan fingerprint density at radius 2 is 1.80 bits per heavy atom. The number of nitrogens with one attached hydrogen (secondary N) is 1. The van der Waals surface area contributed by atoms with E-state index in [0.717, 1.165) is 27.9 Å². The average Bonchev–Trinajstić information content (AvgIpc) is 3.61. The van der Waals surface area contributed by atoms with Gasteiger partial charge < -0.3 is 4.74 Å². The van der Waals surface area contributed by atoms with Crippen LogP contribution in [0.2, 0.25) is 0 Å². The van der Waals surface area contributed by atoms with Gasteiger partial charge in [-0.1, -0.05) is 56.3 Å². The van der Waals surface area contributed by atoms with Crippen molar-refractivity contribution in [3.05, 3.63) is 101 Å². The van der Waals surface area contributed by atoms with Crippen molar-refractivity contribution < 1.29 is 22.7 Å². The quantitative estimate of drug-likeness (QED) is 0.0946. The summed E-state index contributed by atoms with van der Waals surface area (Å²) in [5.41, 5.74) is 7.59. The molecule has 1 aromatic heterocycles. The van der Waals surface area contributed by atoms with E-state index in [0.29, 0.717) is 21.6 Å². The lowest BCUT2D eigenvalue weighted by molar-refractivity contribution is -0.274. The third-order valence-electron chi connectivity index (χ3n) is 6.68. The highest BCUT2D eigenvalue weighted by atomic mass is 32.2. The Hall–Kier alpha value is -4.82. The molecule has 1 saturated heterocycles. The first-order chi connectivity index (χ1) is 21.9. The number of nitrogens with zero attached hydrogens (tertiary/aromatic N) is 6. The van der Waals surface area contributed by atoms with Gasteiger partial charge in [-0.25, -0.2) is 9.67 Å². The van der Waals surface area contributed by atoms with Gasteiger partial charge in [0, 0.05) is 5.56 Å². The monoisotopic (exact) mass is 663 g/mol. The van der Waals surface area contributed by atoms with Crippen LogP contribution in [0, 0.1) is 6.92 Å². The van der Waals surface area contributed by atoms with Crippen LogP contribution >= 0.6 is 24.0 Å². The molecule has 1 N–H and O–H groups in total. The molecular weight excluding hydrogens is 636 g/mol. The van der Waals surface area contributed by atoms with Gasteiger partial charge in [-0.15, -0.1) is 18.3 Å². The number of ether oxygens (including phenoxy) is 1. The van der Waals surface area contributed by atoms with Crippen LogP contribution in [0.5, 0.6) is 5.75 Å². The molecule has 3 aromatic carbocycles. The molecule has 1 fully saturated rings. The van der Waals surface area contributed by atoms with E-state index in [4.69, 9.17) is 12.2 Å². The summed E-state index contributed by atoms with van der Waals surface area (Å²) in [5.74, 6) is 0.144. The number of halogens is 3. The van der Waals surface area contributed by atoms with Gasteiger partial charge in [0.1, 0.15) is 12.1 Å². The number of aryl methyl sites for hydroxylation is 1. The molecule has 0 bridgehead atoms. The number of amidine groups is 1. The van der Waals surface area contributed by atoms with Gasteiger partial charge in [-0.2, -0.15) is 10.1 Å². The number of hydrazone groups is 1. The topological polar surface area (TPSA) is 97.0 Å². The van der Waals surface area contributed by atoms with Crippen LogP contribution in [-0.2, 0) is 4.79 Å². The fourth-order valence-corrected chi connectivity index (χ4v) is 5.60. The van der Waals surface area contributed by atoms with Crippen molar-refractivity contribution in [1.82, 2.24) is 20.2 Å². The Labute approximate surface area is 272 Å². The van der Waals surface area contributed by atoms with Crippen molar-refractivity contribution in [2.24, 2.45) is 10.1 Å². The van der Waals surface area contributed by atoms with Crippen LogP contribution in [0.25, 0.3) is 17.1 Å². The molecule has 236 valence electrons. The number of allylic oxidation sites excluding steroid dienone is 1. The second kappa shape index (κ2) is 13.7. The molecular formula is C32H28F3N7O2S2. The lowest BCUT2D eigenvalue weighted by Crippen LogP contribution is -2.31. The molecule has 1 amide bonds. The normalized spacial score (nSPS) is 15.5. The van der Waals surface area contributed by atoms with E-state index in [1.807, 2.05) is 56.3 Å². The molecule has 5 rings (SSSR count). The largest absolute Gasteiger partial charge is 0.573 e. The fourth-order valence-electron chi connectivity index (χ4n) is 4.50. The molecule has 0 radical (unpaired) electrons. The summed E-state index contributed by atoms with van der Waals surface area (Å²) < 4.78 is 42.6. The van der Waals surface area contributed by atoms with Gasteiger partial charge >= 0.3 is 6.36 Å². The number of anilines is 1. The number of rotatable bonds is 7. The van der Waals surface area contributed by atoms with E-state index in [2.05, 4.69) is 44.2 Å². The maximum absolute atomic E-state index is 13.3. The molecule has 4 aromatic rings. The van der Waals surface area contributed by atoms with Crippen LogP contribution in [0.3, 0.4) is 0 Å². The Kier molecular flexibility index (Phi) is 9.68. The zero-order valence-electron chi connectivity index (χ0n) is 25.1. The molecule has 1 aliphatic rings. The first-order valence-electron chi connectivity index (χ1n) is 14.0. The van der Waals surface area contributed by atoms with Crippen LogP contribution in [0.4, 0.5) is 18.9 Å². The summed E-state index contributed by atoms with van der Waals surface area (Å²) in [7, 11) is 0. The van der Waals surface area contributed by atoms with Crippen molar-refractivity contribution in [3.8, 4) is 22.8 Å². The van der Waals surface area contributed by atoms with E-state index >= 15 is 0 Å². The average molecular weight is 664 g/mol. The summed E-state index contributed by atoms with van der Waals surface area (Å²) >= 11 is 6.69. The summed E-state index contributed by atoms with van der Waals surface area (Å²) in [6.45, 7) is 7.95. The lowest BCUT2D eigenvalue weighted by atomic mass is 9.98. The lowest BCUT2D eigenvalue weighted by Gasteiger charge is -2.22. The van der Waals surface area contributed by atoms with E-state index in [1.54, 1.807) is 17.2 Å². The molecule has 0 spiro atoms. The molecule has 0 unspecified atom stereocenters. The number of hydrogen-bond acceptors (Lipinski definition) is 7. The highest BCUT2D eigenvalue weighted by Gasteiger charge is 2.36. The van der Waals surface area contributed by atoms with Gasteiger partial charge in [0.15, 0.2) is 11.0 Å². The number of amides is 1. The van der Waals surface area contributed by atoms with Crippen molar-refractivity contribution in [3.63, 3.8) is 0 Å². The first-order valence-corrected chi connectivity index (χ1v) is 15.2. The second-order valence-electron chi connectivity index (χ2n) is 10.4. The molecule has 1 aliphatic heterocycles. The van der Waals surface area contributed by atoms with Gasteiger partial charge in [-0.3, -0.25) is 15.1 Å². The molecule has 0 aliphatic carbocycles. The van der Waals surface area contributed by atoms with Gasteiger partial charge in [-0.05, 0) is 90.8 Å². The Morgan fingerprint density at radius 3 is 2.46 bits per heavy atom. The van der Waals surface area contributed by atoms with E-state index in [1.165, 1.54) is 47.0 Å². The minimum Gasteiger partial charge on any atom is -0.406 e. The van der Waals surface area contributed by atoms with E-state index < -0.39 is 6.36 Å². The molecule has 0 saturated carbocycles. The number of hydrogen-bond donors (Lipinski definition) is 1. The predicted molar refractivity (Wildman–Crippen MR) is 178 cm³/mol. The minimum atomic E-state index is -4.76. The number of carbonyl (C=O) groups is 1. The number of aliphatic imine (C=N–C) groups is 1. The second-order valence-corrected chi connectivity index (χ2v) is 11.8. The fraction of sp³-hybridized carbons (Fsp3) is 0.188.